The van der Waals surface area contributed by atoms with E-state index in [1.54, 1.807) is 66.9 Å². The lowest BCUT2D eigenvalue weighted by Crippen LogP contribution is -2.36. The summed E-state index contributed by atoms with van der Waals surface area (Å²) in [5.74, 6) is -1.46. The lowest BCUT2D eigenvalue weighted by molar-refractivity contribution is -0.134. The van der Waals surface area contributed by atoms with Gasteiger partial charge in [0.25, 0.3) is 0 Å². The number of fused-ring (bicyclic) bond motifs is 1. The van der Waals surface area contributed by atoms with Gasteiger partial charge >= 0.3 is 11.8 Å². The Bertz CT molecular complexity index is 1140. The molecule has 7 heteroatoms. The molecule has 1 aromatic heterocycles. The SMILES string of the molecule is Nc1ccc(N(C(=O)C(=O)Nc2ccc3cn[nH]c3c2)c2ccccc2)cc1. The van der Waals surface area contributed by atoms with E-state index < -0.39 is 11.8 Å². The molecule has 138 valence electrons. The van der Waals surface area contributed by atoms with Crippen LogP contribution in [0.4, 0.5) is 22.7 Å². The maximum absolute atomic E-state index is 13.0. The summed E-state index contributed by atoms with van der Waals surface area (Å²) in [6, 6.07) is 21.0. The molecule has 4 aromatic rings. The lowest BCUT2D eigenvalue weighted by atomic mass is 10.2. The number of carbonyl (C=O) groups is 2. The molecule has 3 aromatic carbocycles. The Morgan fingerprint density at radius 3 is 2.39 bits per heavy atom. The molecule has 0 bridgehead atoms. The first-order valence-electron chi connectivity index (χ1n) is 8.61. The predicted octanol–water partition coefficient (Wildman–Crippen LogP) is 3.45. The van der Waals surface area contributed by atoms with Crippen LogP contribution in [0.15, 0.2) is 79.0 Å². The third-order valence-electron chi connectivity index (χ3n) is 4.26. The number of hydrogen-bond acceptors (Lipinski definition) is 4. The number of nitrogens with two attached hydrogens (primary N) is 1. The Hall–Kier alpha value is -4.13. The van der Waals surface area contributed by atoms with Gasteiger partial charge in [-0.25, -0.2) is 0 Å². The first-order chi connectivity index (χ1) is 13.6. The van der Waals surface area contributed by atoms with Crippen molar-refractivity contribution in [1.29, 1.82) is 0 Å². The molecule has 7 nitrogen and oxygen atoms in total. The zero-order valence-corrected chi connectivity index (χ0v) is 14.8. The van der Waals surface area contributed by atoms with E-state index in [4.69, 9.17) is 5.73 Å². The molecule has 28 heavy (non-hydrogen) atoms. The van der Waals surface area contributed by atoms with Gasteiger partial charge in [0.2, 0.25) is 0 Å². The second-order valence-electron chi connectivity index (χ2n) is 6.19. The van der Waals surface area contributed by atoms with Crippen molar-refractivity contribution in [1.82, 2.24) is 10.2 Å². The fourth-order valence-corrected chi connectivity index (χ4v) is 2.88. The minimum atomic E-state index is -0.750. The van der Waals surface area contributed by atoms with Crippen molar-refractivity contribution < 1.29 is 9.59 Å². The number of hydrogen-bond donors (Lipinski definition) is 3. The maximum atomic E-state index is 13.0. The number of H-pyrrole nitrogens is 1. The van der Waals surface area contributed by atoms with E-state index in [1.165, 1.54) is 4.90 Å². The highest BCUT2D eigenvalue weighted by atomic mass is 16.2. The zero-order valence-electron chi connectivity index (χ0n) is 14.8. The number of benzene rings is 3. The van der Waals surface area contributed by atoms with Gasteiger partial charge in [-0.1, -0.05) is 18.2 Å². The number of aromatic amines is 1. The van der Waals surface area contributed by atoms with Gasteiger partial charge in [0, 0.05) is 28.1 Å². The first kappa shape index (κ1) is 17.3. The van der Waals surface area contributed by atoms with Gasteiger partial charge in [-0.3, -0.25) is 19.6 Å². The molecular weight excluding hydrogens is 354 g/mol. The molecule has 0 radical (unpaired) electrons. The van der Waals surface area contributed by atoms with Crippen molar-refractivity contribution in [2.75, 3.05) is 16.0 Å². The van der Waals surface area contributed by atoms with Crippen molar-refractivity contribution >= 4 is 45.5 Å². The van der Waals surface area contributed by atoms with Gasteiger partial charge in [0.05, 0.1) is 11.7 Å². The summed E-state index contributed by atoms with van der Waals surface area (Å²) in [5, 5.41) is 10.3. The van der Waals surface area contributed by atoms with Crippen molar-refractivity contribution in [3.8, 4) is 0 Å². The zero-order chi connectivity index (χ0) is 19.5. The fourth-order valence-electron chi connectivity index (χ4n) is 2.88. The van der Waals surface area contributed by atoms with Gasteiger partial charge in [-0.2, -0.15) is 5.10 Å². The van der Waals surface area contributed by atoms with Crippen molar-refractivity contribution in [2.45, 2.75) is 0 Å². The van der Waals surface area contributed by atoms with Crippen LogP contribution < -0.4 is 16.0 Å². The molecule has 2 amide bonds. The fraction of sp³-hybridized carbons (Fsp3) is 0. The van der Waals surface area contributed by atoms with Crippen LogP contribution in [-0.4, -0.2) is 22.0 Å². The van der Waals surface area contributed by atoms with Gasteiger partial charge in [-0.15, -0.1) is 0 Å². The summed E-state index contributed by atoms with van der Waals surface area (Å²) in [6.07, 6.45) is 1.68. The predicted molar refractivity (Wildman–Crippen MR) is 109 cm³/mol. The first-order valence-corrected chi connectivity index (χ1v) is 8.61. The normalized spacial score (nSPS) is 10.6. The second-order valence-corrected chi connectivity index (χ2v) is 6.19. The van der Waals surface area contributed by atoms with E-state index in [2.05, 4.69) is 15.5 Å². The van der Waals surface area contributed by atoms with Gasteiger partial charge < -0.3 is 11.1 Å². The number of amides is 2. The quantitative estimate of drug-likeness (QED) is 0.379. The number of anilines is 4. The minimum Gasteiger partial charge on any atom is -0.399 e. The summed E-state index contributed by atoms with van der Waals surface area (Å²) in [6.45, 7) is 0. The van der Waals surface area contributed by atoms with Crippen LogP contribution in [0.1, 0.15) is 0 Å². The monoisotopic (exact) mass is 371 g/mol. The molecule has 0 fully saturated rings. The summed E-state index contributed by atoms with van der Waals surface area (Å²) in [5.41, 5.74) is 8.71. The summed E-state index contributed by atoms with van der Waals surface area (Å²) < 4.78 is 0. The van der Waals surface area contributed by atoms with Crippen LogP contribution in [0.3, 0.4) is 0 Å². The molecule has 0 aliphatic rings. The number of para-hydroxylation sites is 1. The van der Waals surface area contributed by atoms with E-state index in [9.17, 15) is 9.59 Å². The molecule has 0 unspecified atom stereocenters. The Morgan fingerprint density at radius 1 is 0.929 bits per heavy atom. The molecular formula is C21H17N5O2. The second kappa shape index (κ2) is 7.24. The van der Waals surface area contributed by atoms with Crippen LogP contribution in [-0.2, 0) is 9.59 Å². The molecule has 0 saturated heterocycles. The molecule has 0 spiro atoms. The minimum absolute atomic E-state index is 0.500. The summed E-state index contributed by atoms with van der Waals surface area (Å²) in [4.78, 5) is 27.0. The van der Waals surface area contributed by atoms with Crippen LogP contribution in [0.5, 0.6) is 0 Å². The Balaban J connectivity index is 1.64. The molecule has 4 N–H and O–H groups in total. The largest absolute Gasteiger partial charge is 0.399 e. The van der Waals surface area contributed by atoms with Crippen LogP contribution in [0.25, 0.3) is 10.9 Å². The Labute approximate surface area is 160 Å². The van der Waals surface area contributed by atoms with E-state index >= 15 is 0 Å². The van der Waals surface area contributed by atoms with E-state index in [0.717, 1.165) is 10.9 Å². The number of nitrogen functional groups attached to an aromatic ring is 1. The third-order valence-corrected chi connectivity index (χ3v) is 4.26. The smallest absolute Gasteiger partial charge is 0.321 e. The molecule has 0 atom stereocenters. The van der Waals surface area contributed by atoms with Crippen molar-refractivity contribution in [3.63, 3.8) is 0 Å². The topological polar surface area (TPSA) is 104 Å². The molecule has 1 heterocycles. The highest BCUT2D eigenvalue weighted by Gasteiger charge is 2.25. The highest BCUT2D eigenvalue weighted by molar-refractivity contribution is 6.45. The number of carbonyl (C=O) groups excluding carboxylic acids is 2. The molecule has 0 aliphatic carbocycles. The van der Waals surface area contributed by atoms with Crippen molar-refractivity contribution in [3.05, 3.63) is 79.0 Å². The van der Waals surface area contributed by atoms with E-state index in [1.807, 2.05) is 12.1 Å². The highest BCUT2D eigenvalue weighted by Crippen LogP contribution is 2.26. The summed E-state index contributed by atoms with van der Waals surface area (Å²) >= 11 is 0. The average molecular weight is 371 g/mol. The molecule has 4 rings (SSSR count). The third kappa shape index (κ3) is 3.41. The van der Waals surface area contributed by atoms with Gasteiger partial charge in [0.15, 0.2) is 0 Å². The lowest BCUT2D eigenvalue weighted by Gasteiger charge is -2.22. The van der Waals surface area contributed by atoms with Crippen LogP contribution >= 0.6 is 0 Å². The number of nitrogens with zero attached hydrogens (tertiary/aromatic N) is 2. The van der Waals surface area contributed by atoms with E-state index in [-0.39, 0.29) is 0 Å². The van der Waals surface area contributed by atoms with Crippen LogP contribution in [0.2, 0.25) is 0 Å². The maximum Gasteiger partial charge on any atom is 0.321 e. The number of rotatable bonds is 3. The molecule has 0 aliphatic heterocycles. The Kier molecular flexibility index (Phi) is 4.47. The van der Waals surface area contributed by atoms with Crippen LogP contribution in [0, 0.1) is 0 Å². The Morgan fingerprint density at radius 2 is 1.64 bits per heavy atom. The summed E-state index contributed by atoms with van der Waals surface area (Å²) in [7, 11) is 0. The number of nitrogens with one attached hydrogen (secondary N) is 2. The standard InChI is InChI=1S/C21H17N5O2/c22-15-7-10-18(11-8-15)26(17-4-2-1-3-5-17)21(28)20(27)24-16-9-6-14-13-23-25-19(14)12-16/h1-13H,22H2,(H,23,25)(H,24,27). The molecule has 0 saturated carbocycles. The van der Waals surface area contributed by atoms with Crippen molar-refractivity contribution in [2.24, 2.45) is 0 Å². The van der Waals surface area contributed by atoms with Gasteiger partial charge in [-0.05, 0) is 54.6 Å². The van der Waals surface area contributed by atoms with E-state index in [0.29, 0.717) is 22.7 Å². The van der Waals surface area contributed by atoms with Gasteiger partial charge in [0.1, 0.15) is 0 Å². The number of aromatic nitrogens is 2. The average Bonchev–Trinajstić information content (AvgIpc) is 3.18.